The zero-order valence-electron chi connectivity index (χ0n) is 17.3. The molecule has 0 spiro atoms. The summed E-state index contributed by atoms with van der Waals surface area (Å²) in [6.07, 6.45) is 1.88. The van der Waals surface area contributed by atoms with Crippen LogP contribution in [0, 0.1) is 0 Å². The molecule has 7 nitrogen and oxygen atoms in total. The number of nitrogens with zero attached hydrogens (tertiary/aromatic N) is 3. The van der Waals surface area contributed by atoms with Crippen molar-refractivity contribution in [2.75, 3.05) is 13.2 Å². The van der Waals surface area contributed by atoms with Gasteiger partial charge in [-0.05, 0) is 44.2 Å². The quantitative estimate of drug-likeness (QED) is 0.468. The van der Waals surface area contributed by atoms with Crippen molar-refractivity contribution < 1.29 is 9.47 Å². The molecule has 4 aromatic rings. The fourth-order valence-corrected chi connectivity index (χ4v) is 4.71. The van der Waals surface area contributed by atoms with Gasteiger partial charge in [0.15, 0.2) is 16.7 Å². The van der Waals surface area contributed by atoms with Crippen LogP contribution >= 0.6 is 11.8 Å². The summed E-state index contributed by atoms with van der Waals surface area (Å²) in [6, 6.07) is 13.3. The first-order valence-electron chi connectivity index (χ1n) is 10.2. The van der Waals surface area contributed by atoms with Crippen molar-refractivity contribution in [3.8, 4) is 22.8 Å². The normalized spacial score (nSPS) is 14.0. The van der Waals surface area contributed by atoms with Gasteiger partial charge in [0.05, 0.1) is 28.0 Å². The van der Waals surface area contributed by atoms with Gasteiger partial charge in [-0.25, -0.2) is 9.97 Å². The predicted octanol–water partition coefficient (Wildman–Crippen LogP) is 4.43. The van der Waals surface area contributed by atoms with Gasteiger partial charge in [0.25, 0.3) is 5.56 Å². The molecule has 1 unspecified atom stereocenters. The van der Waals surface area contributed by atoms with Crippen molar-refractivity contribution in [2.45, 2.75) is 30.8 Å². The lowest BCUT2D eigenvalue weighted by Gasteiger charge is -2.19. The van der Waals surface area contributed by atoms with Crippen LogP contribution in [0.5, 0.6) is 11.5 Å². The van der Waals surface area contributed by atoms with E-state index in [1.807, 2.05) is 49.5 Å². The molecule has 2 aromatic heterocycles. The van der Waals surface area contributed by atoms with Gasteiger partial charge in [0, 0.05) is 12.1 Å². The number of rotatable bonds is 5. The summed E-state index contributed by atoms with van der Waals surface area (Å²) in [5, 5.41) is 1.40. The highest BCUT2D eigenvalue weighted by molar-refractivity contribution is 7.99. The van der Waals surface area contributed by atoms with Crippen molar-refractivity contribution >= 4 is 22.7 Å². The summed E-state index contributed by atoms with van der Waals surface area (Å²) >= 11 is 1.57. The van der Waals surface area contributed by atoms with Crippen LogP contribution in [0.25, 0.3) is 22.2 Å². The first-order chi connectivity index (χ1) is 15.1. The van der Waals surface area contributed by atoms with E-state index >= 15 is 0 Å². The molecular weight excluding hydrogens is 412 g/mol. The minimum atomic E-state index is -0.121. The first-order valence-corrected chi connectivity index (χ1v) is 11.1. The van der Waals surface area contributed by atoms with Crippen LogP contribution < -0.4 is 15.0 Å². The number of para-hydroxylation sites is 1. The summed E-state index contributed by atoms with van der Waals surface area (Å²) in [5.74, 6) is 2.17. The monoisotopic (exact) mass is 434 g/mol. The maximum absolute atomic E-state index is 12.4. The third-order valence-electron chi connectivity index (χ3n) is 5.27. The molecule has 31 heavy (non-hydrogen) atoms. The summed E-state index contributed by atoms with van der Waals surface area (Å²) in [5.41, 5.74) is 2.61. The minimum Gasteiger partial charge on any atom is -0.486 e. The predicted molar refractivity (Wildman–Crippen MR) is 121 cm³/mol. The van der Waals surface area contributed by atoms with Gasteiger partial charge in [0.2, 0.25) is 0 Å². The maximum Gasteiger partial charge on any atom is 0.258 e. The van der Waals surface area contributed by atoms with Gasteiger partial charge >= 0.3 is 0 Å². The smallest absolute Gasteiger partial charge is 0.258 e. The molecule has 0 radical (unpaired) electrons. The number of benzene rings is 2. The Hall–Kier alpha value is -3.26. The van der Waals surface area contributed by atoms with Gasteiger partial charge < -0.3 is 19.0 Å². The van der Waals surface area contributed by atoms with Crippen molar-refractivity contribution in [3.05, 3.63) is 64.8 Å². The number of hydrogen-bond donors (Lipinski definition) is 1. The van der Waals surface area contributed by atoms with Crippen LogP contribution in [0.4, 0.5) is 0 Å². The molecule has 1 aliphatic rings. The van der Waals surface area contributed by atoms with Crippen LogP contribution in [0.1, 0.15) is 24.9 Å². The average molecular weight is 435 g/mol. The lowest BCUT2D eigenvalue weighted by Crippen LogP contribution is -2.15. The zero-order valence-corrected chi connectivity index (χ0v) is 18.1. The molecule has 0 saturated carbocycles. The highest BCUT2D eigenvalue weighted by atomic mass is 32.2. The van der Waals surface area contributed by atoms with Gasteiger partial charge in [-0.3, -0.25) is 4.79 Å². The molecule has 0 saturated heterocycles. The summed E-state index contributed by atoms with van der Waals surface area (Å²) in [6.45, 7) is 6.01. The SMILES string of the molecule is CCn1c(-c2ccc3c(c2)OCCO3)cnc1SC(C)c1nc2ccccc2c(=O)[nH]1. The molecule has 158 valence electrons. The number of ether oxygens (including phenoxy) is 2. The van der Waals surface area contributed by atoms with Crippen molar-refractivity contribution in [3.63, 3.8) is 0 Å². The Labute approximate surface area is 183 Å². The molecule has 8 heteroatoms. The third-order valence-corrected chi connectivity index (χ3v) is 6.39. The Bertz CT molecular complexity index is 1310. The Kier molecular flexibility index (Phi) is 5.15. The van der Waals surface area contributed by atoms with Crippen LogP contribution in [0.2, 0.25) is 0 Å². The van der Waals surface area contributed by atoms with Gasteiger partial charge in [-0.15, -0.1) is 0 Å². The molecule has 0 bridgehead atoms. The van der Waals surface area contributed by atoms with Crippen molar-refractivity contribution in [1.82, 2.24) is 19.5 Å². The molecule has 0 amide bonds. The number of aromatic nitrogens is 4. The summed E-state index contributed by atoms with van der Waals surface area (Å²) < 4.78 is 13.5. The maximum atomic E-state index is 12.4. The molecule has 1 aliphatic heterocycles. The molecule has 2 aromatic carbocycles. The average Bonchev–Trinajstić information content (AvgIpc) is 3.21. The van der Waals surface area contributed by atoms with Gasteiger partial charge in [-0.1, -0.05) is 23.9 Å². The van der Waals surface area contributed by atoms with E-state index in [2.05, 4.69) is 26.4 Å². The number of nitrogens with one attached hydrogen (secondary N) is 1. The highest BCUT2D eigenvalue weighted by Gasteiger charge is 2.19. The molecule has 1 atom stereocenters. The highest BCUT2D eigenvalue weighted by Crippen LogP contribution is 2.38. The van der Waals surface area contributed by atoms with E-state index in [1.54, 1.807) is 17.8 Å². The molecular formula is C23H22N4O3S. The Morgan fingerprint density at radius 2 is 1.97 bits per heavy atom. The number of thioether (sulfide) groups is 1. The van der Waals surface area contributed by atoms with E-state index in [0.717, 1.165) is 34.5 Å². The summed E-state index contributed by atoms with van der Waals surface area (Å²) in [4.78, 5) is 24.7. The number of imidazole rings is 1. The van der Waals surface area contributed by atoms with Crippen molar-refractivity contribution in [1.29, 1.82) is 0 Å². The van der Waals surface area contributed by atoms with Crippen molar-refractivity contribution in [2.24, 2.45) is 0 Å². The van der Waals surface area contributed by atoms with E-state index in [9.17, 15) is 4.79 Å². The largest absolute Gasteiger partial charge is 0.486 e. The first kappa shape index (κ1) is 19.7. The molecule has 0 aliphatic carbocycles. The molecule has 0 fully saturated rings. The molecule has 1 N–H and O–H groups in total. The van der Waals surface area contributed by atoms with Crippen LogP contribution in [0.15, 0.2) is 58.6 Å². The van der Waals surface area contributed by atoms with Crippen LogP contribution in [-0.2, 0) is 6.54 Å². The molecule has 5 rings (SSSR count). The Morgan fingerprint density at radius 1 is 1.16 bits per heavy atom. The Morgan fingerprint density at radius 3 is 2.81 bits per heavy atom. The standard InChI is InChI=1S/C23H22N4O3S/c1-3-27-18(15-8-9-19-20(12-15)30-11-10-29-19)13-24-23(27)31-14(2)21-25-17-7-5-4-6-16(17)22(28)26-21/h4-9,12-14H,3,10-11H2,1-2H3,(H,25,26,28). The fraction of sp³-hybridized carbons (Fsp3) is 0.261. The third kappa shape index (κ3) is 3.67. The van der Waals surface area contributed by atoms with E-state index in [1.165, 1.54) is 0 Å². The fourth-order valence-electron chi connectivity index (χ4n) is 3.70. The lowest BCUT2D eigenvalue weighted by molar-refractivity contribution is 0.171. The van der Waals surface area contributed by atoms with Gasteiger partial charge in [-0.2, -0.15) is 0 Å². The van der Waals surface area contributed by atoms with E-state index in [4.69, 9.17) is 9.47 Å². The van der Waals surface area contributed by atoms with Crippen LogP contribution in [0.3, 0.4) is 0 Å². The second-order valence-electron chi connectivity index (χ2n) is 7.26. The van der Waals surface area contributed by atoms with Gasteiger partial charge in [0.1, 0.15) is 19.0 Å². The number of H-pyrrole nitrogens is 1. The minimum absolute atomic E-state index is 0.0712. The number of hydrogen-bond acceptors (Lipinski definition) is 6. The van der Waals surface area contributed by atoms with E-state index in [-0.39, 0.29) is 10.8 Å². The second-order valence-corrected chi connectivity index (χ2v) is 8.57. The van der Waals surface area contributed by atoms with E-state index in [0.29, 0.717) is 29.9 Å². The second kappa shape index (κ2) is 8.11. The number of fused-ring (bicyclic) bond motifs is 2. The van der Waals surface area contributed by atoms with E-state index < -0.39 is 0 Å². The zero-order chi connectivity index (χ0) is 21.4. The van der Waals surface area contributed by atoms with Crippen LogP contribution in [-0.4, -0.2) is 32.7 Å². The lowest BCUT2D eigenvalue weighted by atomic mass is 10.1. The Balaban J connectivity index is 1.45. The topological polar surface area (TPSA) is 82.0 Å². The number of aromatic amines is 1. The summed E-state index contributed by atoms with van der Waals surface area (Å²) in [7, 11) is 0. The molecule has 3 heterocycles.